The zero-order valence-electron chi connectivity index (χ0n) is 14.2. The van der Waals surface area contributed by atoms with Gasteiger partial charge in [0.25, 0.3) is 11.5 Å². The Morgan fingerprint density at radius 1 is 1.30 bits per heavy atom. The third-order valence-corrected chi connectivity index (χ3v) is 5.25. The van der Waals surface area contributed by atoms with Crippen LogP contribution < -0.4 is 5.56 Å². The van der Waals surface area contributed by atoms with Crippen LogP contribution in [-0.2, 0) is 11.2 Å². The Bertz CT molecular complexity index is 924. The van der Waals surface area contributed by atoms with Crippen LogP contribution in [0.3, 0.4) is 0 Å². The third-order valence-electron chi connectivity index (χ3n) is 4.55. The van der Waals surface area contributed by atoms with Crippen molar-refractivity contribution in [1.82, 2.24) is 14.9 Å². The number of carbonyl (C=O) groups excluding carboxylic acids is 1. The predicted octanol–water partition coefficient (Wildman–Crippen LogP) is 2.60. The monoisotopic (exact) mass is 409 g/mol. The lowest BCUT2D eigenvalue weighted by atomic mass is 9.98. The van der Waals surface area contributed by atoms with E-state index in [1.54, 1.807) is 18.2 Å². The smallest absolute Gasteiger partial charge is 0.308 e. The minimum Gasteiger partial charge on any atom is -0.481 e. The highest BCUT2D eigenvalue weighted by Gasteiger charge is 2.29. The van der Waals surface area contributed by atoms with Gasteiger partial charge in [0, 0.05) is 35.8 Å². The van der Waals surface area contributed by atoms with Crippen molar-refractivity contribution in [3.05, 3.63) is 61.7 Å². The number of carboxylic acids is 1. The molecular formula is C18H17Cl2N3O4. The van der Waals surface area contributed by atoms with Gasteiger partial charge in [0.15, 0.2) is 0 Å². The van der Waals surface area contributed by atoms with Gasteiger partial charge in [-0.2, -0.15) is 0 Å². The number of amides is 1. The first-order chi connectivity index (χ1) is 12.9. The van der Waals surface area contributed by atoms with Gasteiger partial charge in [0.2, 0.25) is 0 Å². The van der Waals surface area contributed by atoms with E-state index in [4.69, 9.17) is 28.3 Å². The van der Waals surface area contributed by atoms with Crippen LogP contribution in [-0.4, -0.2) is 44.9 Å². The van der Waals surface area contributed by atoms with E-state index in [2.05, 4.69) is 9.97 Å². The predicted molar refractivity (Wildman–Crippen MR) is 100 cm³/mol. The molecule has 0 spiro atoms. The summed E-state index contributed by atoms with van der Waals surface area (Å²) in [5, 5.41) is 10.1. The Kier molecular flexibility index (Phi) is 5.82. The number of hydrogen-bond donors (Lipinski definition) is 2. The van der Waals surface area contributed by atoms with Crippen molar-refractivity contribution in [3.8, 4) is 0 Å². The van der Waals surface area contributed by atoms with Crippen LogP contribution >= 0.6 is 23.2 Å². The zero-order valence-corrected chi connectivity index (χ0v) is 15.8. The van der Waals surface area contributed by atoms with Crippen LogP contribution in [0.4, 0.5) is 0 Å². The number of piperidine rings is 1. The van der Waals surface area contributed by atoms with Gasteiger partial charge >= 0.3 is 5.97 Å². The normalized spacial score (nSPS) is 17.0. The fourth-order valence-electron chi connectivity index (χ4n) is 3.08. The summed E-state index contributed by atoms with van der Waals surface area (Å²) in [5.41, 5.74) is -0.0657. The van der Waals surface area contributed by atoms with Crippen LogP contribution in [0.2, 0.25) is 10.0 Å². The lowest BCUT2D eigenvalue weighted by molar-refractivity contribution is -0.143. The molecule has 1 saturated heterocycles. The van der Waals surface area contributed by atoms with Crippen LogP contribution in [0, 0.1) is 5.92 Å². The highest BCUT2D eigenvalue weighted by atomic mass is 35.5. The van der Waals surface area contributed by atoms with Gasteiger partial charge in [-0.05, 0) is 30.5 Å². The maximum atomic E-state index is 12.6. The van der Waals surface area contributed by atoms with Crippen molar-refractivity contribution < 1.29 is 14.7 Å². The first-order valence-corrected chi connectivity index (χ1v) is 9.15. The minimum absolute atomic E-state index is 0.0879. The van der Waals surface area contributed by atoms with Crippen molar-refractivity contribution in [3.63, 3.8) is 0 Å². The molecule has 0 unspecified atom stereocenters. The molecule has 1 amide bonds. The van der Waals surface area contributed by atoms with Crippen molar-refractivity contribution in [2.75, 3.05) is 13.1 Å². The number of carbonyl (C=O) groups is 2. The van der Waals surface area contributed by atoms with E-state index in [0.29, 0.717) is 40.8 Å². The van der Waals surface area contributed by atoms with E-state index >= 15 is 0 Å². The molecular weight excluding hydrogens is 393 g/mol. The molecule has 2 aromatic rings. The van der Waals surface area contributed by atoms with Gasteiger partial charge in [-0.3, -0.25) is 14.4 Å². The number of halogens is 2. The summed E-state index contributed by atoms with van der Waals surface area (Å²) in [4.78, 5) is 44.3. The largest absolute Gasteiger partial charge is 0.481 e. The Morgan fingerprint density at radius 3 is 2.63 bits per heavy atom. The molecule has 1 atom stereocenters. The minimum atomic E-state index is -0.938. The summed E-state index contributed by atoms with van der Waals surface area (Å²) >= 11 is 12.3. The summed E-state index contributed by atoms with van der Waals surface area (Å²) in [6.45, 7) is 0.504. The number of aromatic nitrogens is 2. The Balaban J connectivity index is 1.79. The molecule has 1 aliphatic rings. The van der Waals surface area contributed by atoms with E-state index in [1.165, 1.54) is 11.1 Å². The van der Waals surface area contributed by atoms with Gasteiger partial charge in [-0.1, -0.05) is 29.3 Å². The fourth-order valence-corrected chi connectivity index (χ4v) is 3.61. The van der Waals surface area contributed by atoms with Crippen molar-refractivity contribution in [2.24, 2.45) is 5.92 Å². The number of aromatic amines is 1. The van der Waals surface area contributed by atoms with E-state index in [1.807, 2.05) is 0 Å². The SMILES string of the molecule is O=C(O)[C@@H]1CCCN(C(=O)c2cnc(Cc3c(Cl)cccc3Cl)[nH]c2=O)C1. The summed E-state index contributed by atoms with van der Waals surface area (Å²) in [5.74, 6) is -1.74. The Labute approximate surface area is 164 Å². The lowest BCUT2D eigenvalue weighted by Crippen LogP contribution is -2.44. The quantitative estimate of drug-likeness (QED) is 0.807. The third kappa shape index (κ3) is 4.31. The average Bonchev–Trinajstić information content (AvgIpc) is 2.64. The van der Waals surface area contributed by atoms with E-state index in [-0.39, 0.29) is 18.5 Å². The molecule has 0 radical (unpaired) electrons. The number of nitrogens with zero attached hydrogens (tertiary/aromatic N) is 2. The molecule has 9 heteroatoms. The first kappa shape index (κ1) is 19.4. The molecule has 2 heterocycles. The number of H-pyrrole nitrogens is 1. The molecule has 1 fully saturated rings. The van der Waals surface area contributed by atoms with E-state index < -0.39 is 23.4 Å². The number of benzene rings is 1. The molecule has 7 nitrogen and oxygen atoms in total. The fraction of sp³-hybridized carbons (Fsp3) is 0.333. The molecule has 142 valence electrons. The van der Waals surface area contributed by atoms with Gasteiger partial charge in [-0.25, -0.2) is 4.98 Å². The number of rotatable bonds is 4. The summed E-state index contributed by atoms with van der Waals surface area (Å²) in [6.07, 6.45) is 2.53. The van der Waals surface area contributed by atoms with Crippen LogP contribution in [0.25, 0.3) is 0 Å². The zero-order chi connectivity index (χ0) is 19.6. The lowest BCUT2D eigenvalue weighted by Gasteiger charge is -2.30. The second-order valence-electron chi connectivity index (χ2n) is 6.38. The number of likely N-dealkylation sites (tertiary alicyclic amines) is 1. The second-order valence-corrected chi connectivity index (χ2v) is 7.19. The second kappa shape index (κ2) is 8.10. The summed E-state index contributed by atoms with van der Waals surface area (Å²) in [7, 11) is 0. The van der Waals surface area contributed by atoms with Crippen LogP contribution in [0.5, 0.6) is 0 Å². The number of carboxylic acid groups (broad SMARTS) is 1. The van der Waals surface area contributed by atoms with Gasteiger partial charge in [0.1, 0.15) is 11.4 Å². The highest BCUT2D eigenvalue weighted by molar-refractivity contribution is 6.36. The molecule has 1 aliphatic heterocycles. The maximum absolute atomic E-state index is 12.6. The van der Waals surface area contributed by atoms with E-state index in [9.17, 15) is 14.4 Å². The molecule has 27 heavy (non-hydrogen) atoms. The Hall–Kier alpha value is -2.38. The Morgan fingerprint density at radius 2 is 2.00 bits per heavy atom. The van der Waals surface area contributed by atoms with Crippen molar-refractivity contribution in [1.29, 1.82) is 0 Å². The van der Waals surface area contributed by atoms with Crippen LogP contribution in [0.15, 0.2) is 29.2 Å². The van der Waals surface area contributed by atoms with Gasteiger partial charge in [-0.15, -0.1) is 0 Å². The van der Waals surface area contributed by atoms with Crippen LogP contribution in [0.1, 0.15) is 34.6 Å². The van der Waals surface area contributed by atoms with Gasteiger partial charge in [0.05, 0.1) is 5.92 Å². The van der Waals surface area contributed by atoms with E-state index in [0.717, 1.165) is 0 Å². The number of nitrogens with one attached hydrogen (secondary N) is 1. The van der Waals surface area contributed by atoms with Crippen molar-refractivity contribution >= 4 is 35.1 Å². The highest BCUT2D eigenvalue weighted by Crippen LogP contribution is 2.25. The van der Waals surface area contributed by atoms with Gasteiger partial charge < -0.3 is 15.0 Å². The standard InChI is InChI=1S/C18H17Cl2N3O4/c19-13-4-1-5-14(20)11(13)7-15-21-8-12(16(24)22-15)17(25)23-6-2-3-10(9-23)18(26)27/h1,4-5,8,10H,2-3,6-7,9H2,(H,26,27)(H,21,22,24)/t10-/m1/s1. The summed E-state index contributed by atoms with van der Waals surface area (Å²) in [6, 6.07) is 5.09. The maximum Gasteiger partial charge on any atom is 0.308 e. The molecule has 1 aromatic carbocycles. The molecule has 2 N–H and O–H groups in total. The molecule has 1 aromatic heterocycles. The topological polar surface area (TPSA) is 103 Å². The summed E-state index contributed by atoms with van der Waals surface area (Å²) < 4.78 is 0. The average molecular weight is 410 g/mol. The number of hydrogen-bond acceptors (Lipinski definition) is 4. The molecule has 3 rings (SSSR count). The van der Waals surface area contributed by atoms with Crippen molar-refractivity contribution in [2.45, 2.75) is 19.3 Å². The number of aliphatic carboxylic acids is 1. The molecule has 0 aliphatic carbocycles. The first-order valence-electron chi connectivity index (χ1n) is 8.40. The molecule has 0 bridgehead atoms. The molecule has 0 saturated carbocycles.